The summed E-state index contributed by atoms with van der Waals surface area (Å²) in [5.74, 6) is -1.12. The van der Waals surface area contributed by atoms with E-state index in [9.17, 15) is 9.59 Å². The van der Waals surface area contributed by atoms with Crippen LogP contribution in [-0.4, -0.2) is 11.6 Å². The van der Waals surface area contributed by atoms with Gasteiger partial charge in [-0.3, -0.25) is 9.59 Å². The Morgan fingerprint density at radius 3 is 1.20 bits per heavy atom. The van der Waals surface area contributed by atoms with Crippen LogP contribution in [0.25, 0.3) is 0 Å². The first-order valence-corrected chi connectivity index (χ1v) is 6.16. The molecule has 3 nitrogen and oxygen atoms in total. The first-order chi connectivity index (χ1) is 9.58. The Balaban J connectivity index is 0.000000956. The minimum atomic E-state index is -0.561. The van der Waals surface area contributed by atoms with Crippen molar-refractivity contribution in [3.05, 3.63) is 76.3 Å². The van der Waals surface area contributed by atoms with Crippen LogP contribution in [0.5, 0.6) is 0 Å². The maximum Gasteiger partial charge on any atom is 0.233 e. The second kappa shape index (κ2) is 7.44. The van der Waals surface area contributed by atoms with Crippen molar-refractivity contribution < 1.29 is 9.59 Å². The first kappa shape index (κ1) is 15.9. The van der Waals surface area contributed by atoms with Crippen LogP contribution in [0.1, 0.15) is 20.7 Å². The Kier molecular flexibility index (Phi) is 5.92. The normalized spacial score (nSPS) is 9.20. The lowest BCUT2D eigenvalue weighted by atomic mass is 10.0. The summed E-state index contributed by atoms with van der Waals surface area (Å²) >= 11 is 11.4. The Morgan fingerprint density at radius 1 is 0.700 bits per heavy atom. The van der Waals surface area contributed by atoms with E-state index in [1.807, 2.05) is 0 Å². The van der Waals surface area contributed by atoms with E-state index in [1.54, 1.807) is 24.3 Å². The molecule has 0 aliphatic heterocycles. The lowest BCUT2D eigenvalue weighted by Gasteiger charge is -2.01. The van der Waals surface area contributed by atoms with Crippen LogP contribution in [0, 0.1) is 11.8 Å². The molecule has 0 unspecified atom stereocenters. The summed E-state index contributed by atoms with van der Waals surface area (Å²) in [6, 6.07) is 12.4. The Hall–Kier alpha value is -2.15. The van der Waals surface area contributed by atoms with Crippen LogP contribution >= 0.6 is 23.2 Å². The molecule has 5 heteroatoms. The van der Waals surface area contributed by atoms with Crippen LogP contribution < -0.4 is 0 Å². The second-order valence-electron chi connectivity index (χ2n) is 3.67. The number of benzene rings is 2. The molecule has 0 saturated carbocycles. The summed E-state index contributed by atoms with van der Waals surface area (Å²) in [5.41, 5.74) is 0.638. The van der Waals surface area contributed by atoms with E-state index in [1.165, 1.54) is 24.3 Å². The van der Waals surface area contributed by atoms with Crippen molar-refractivity contribution >= 4 is 34.8 Å². The Bertz CT molecular complexity index is 576. The molecule has 0 aromatic heterocycles. The molecular formula is C15H8Cl2NO2-. The summed E-state index contributed by atoms with van der Waals surface area (Å²) in [4.78, 5) is 23.8. The fourth-order valence-corrected chi connectivity index (χ4v) is 1.72. The topological polar surface area (TPSA) is 57.9 Å². The maximum absolute atomic E-state index is 11.9. The van der Waals surface area contributed by atoms with Crippen molar-refractivity contribution in [1.82, 2.24) is 0 Å². The number of Topliss-reactive ketones (excluding diaryl/α,β-unsaturated/α-hetero) is 2. The summed E-state index contributed by atoms with van der Waals surface area (Å²) in [6.07, 6.45) is 0. The zero-order valence-corrected chi connectivity index (χ0v) is 11.7. The molecule has 0 radical (unpaired) electrons. The first-order valence-electron chi connectivity index (χ1n) is 5.40. The SMILES string of the molecule is O=C(C(=O)c1ccc(Cl)cc1)c1ccc(Cl)cc1.[C-]#N. The molecule has 0 bridgehead atoms. The molecule has 2 rings (SSSR count). The molecule has 0 saturated heterocycles. The van der Waals surface area contributed by atoms with Gasteiger partial charge in [-0.05, 0) is 48.5 Å². The average molecular weight is 305 g/mol. The molecule has 0 spiro atoms. The van der Waals surface area contributed by atoms with Gasteiger partial charge in [0, 0.05) is 21.2 Å². The zero-order valence-electron chi connectivity index (χ0n) is 10.1. The number of ketones is 2. The number of carbonyl (C=O) groups excluding carboxylic acids is 2. The van der Waals surface area contributed by atoms with Crippen molar-refractivity contribution in [3.8, 4) is 0 Å². The monoisotopic (exact) mass is 304 g/mol. The highest BCUT2D eigenvalue weighted by atomic mass is 35.5. The molecule has 0 amide bonds. The number of rotatable bonds is 3. The fourth-order valence-electron chi connectivity index (χ4n) is 1.46. The molecule has 0 fully saturated rings. The predicted molar refractivity (Wildman–Crippen MR) is 76.5 cm³/mol. The van der Waals surface area contributed by atoms with E-state index in [2.05, 4.69) is 0 Å². The van der Waals surface area contributed by atoms with Crippen molar-refractivity contribution in [3.63, 3.8) is 0 Å². The maximum atomic E-state index is 11.9. The number of carbonyl (C=O) groups is 2. The highest BCUT2D eigenvalue weighted by Gasteiger charge is 2.17. The third-order valence-corrected chi connectivity index (χ3v) is 2.92. The van der Waals surface area contributed by atoms with Crippen LogP contribution in [0.2, 0.25) is 10.0 Å². The zero-order chi connectivity index (χ0) is 15.1. The molecule has 100 valence electrons. The average Bonchev–Trinajstić information content (AvgIpc) is 2.49. The Morgan fingerprint density at radius 2 is 0.950 bits per heavy atom. The summed E-state index contributed by atoms with van der Waals surface area (Å²) in [7, 11) is 0. The van der Waals surface area contributed by atoms with Gasteiger partial charge in [-0.2, -0.15) is 0 Å². The molecular weight excluding hydrogens is 297 g/mol. The quantitative estimate of drug-likeness (QED) is 0.486. The summed E-state index contributed by atoms with van der Waals surface area (Å²) in [5, 5.41) is 7.29. The van der Waals surface area contributed by atoms with Crippen LogP contribution in [0.4, 0.5) is 0 Å². The minimum Gasteiger partial charge on any atom is -0.512 e. The van der Waals surface area contributed by atoms with E-state index in [-0.39, 0.29) is 0 Å². The van der Waals surface area contributed by atoms with Gasteiger partial charge < -0.3 is 11.8 Å². The standard InChI is InChI=1S/C14H8Cl2O2.CN/c15-11-5-1-9(2-6-11)13(17)14(18)10-3-7-12(16)8-4-10;1-2/h1-8H;/q;-1. The third kappa shape index (κ3) is 3.92. The van der Waals surface area contributed by atoms with Crippen LogP contribution in [0.3, 0.4) is 0 Å². The van der Waals surface area contributed by atoms with E-state index < -0.39 is 11.6 Å². The van der Waals surface area contributed by atoms with E-state index >= 15 is 0 Å². The number of nitrogens with zero attached hydrogens (tertiary/aromatic N) is 1. The highest BCUT2D eigenvalue weighted by Crippen LogP contribution is 2.14. The van der Waals surface area contributed by atoms with Crippen molar-refractivity contribution in [2.24, 2.45) is 0 Å². The van der Waals surface area contributed by atoms with E-state index in [0.29, 0.717) is 21.2 Å². The van der Waals surface area contributed by atoms with E-state index in [0.717, 1.165) is 0 Å². The van der Waals surface area contributed by atoms with Gasteiger partial charge in [0.1, 0.15) is 0 Å². The van der Waals surface area contributed by atoms with Gasteiger partial charge in [0.2, 0.25) is 11.6 Å². The van der Waals surface area contributed by atoms with E-state index in [4.69, 9.17) is 35.0 Å². The van der Waals surface area contributed by atoms with Gasteiger partial charge in [0.05, 0.1) is 0 Å². The summed E-state index contributed by atoms with van der Waals surface area (Å²) < 4.78 is 0. The molecule has 0 atom stereocenters. The number of hydrogen-bond acceptors (Lipinski definition) is 3. The van der Waals surface area contributed by atoms with Crippen molar-refractivity contribution in [2.75, 3.05) is 0 Å². The smallest absolute Gasteiger partial charge is 0.233 e. The summed E-state index contributed by atoms with van der Waals surface area (Å²) in [6.45, 7) is 4.75. The van der Waals surface area contributed by atoms with Gasteiger partial charge in [-0.15, -0.1) is 0 Å². The second-order valence-corrected chi connectivity index (χ2v) is 4.54. The lowest BCUT2D eigenvalue weighted by Crippen LogP contribution is -2.14. The molecule has 2 aromatic rings. The largest absolute Gasteiger partial charge is 0.512 e. The molecule has 20 heavy (non-hydrogen) atoms. The van der Waals surface area contributed by atoms with Crippen LogP contribution in [-0.2, 0) is 0 Å². The number of hydrogen-bond donors (Lipinski definition) is 0. The fraction of sp³-hybridized carbons (Fsp3) is 0. The number of halogens is 2. The Labute approximate surface area is 126 Å². The van der Waals surface area contributed by atoms with Gasteiger partial charge in [0.25, 0.3) is 0 Å². The molecule has 0 aliphatic rings. The van der Waals surface area contributed by atoms with Crippen molar-refractivity contribution in [1.29, 1.82) is 5.26 Å². The van der Waals surface area contributed by atoms with Gasteiger partial charge >= 0.3 is 0 Å². The lowest BCUT2D eigenvalue weighted by molar-refractivity contribution is 0.0817. The molecule has 0 aliphatic carbocycles. The minimum absolute atomic E-state index is 0.319. The molecule has 0 N–H and O–H groups in total. The highest BCUT2D eigenvalue weighted by molar-refractivity contribution is 6.49. The van der Waals surface area contributed by atoms with Crippen molar-refractivity contribution in [2.45, 2.75) is 0 Å². The predicted octanol–water partition coefficient (Wildman–Crippen LogP) is 4.16. The van der Waals surface area contributed by atoms with Gasteiger partial charge in [0.15, 0.2) is 0 Å². The molecule has 0 heterocycles. The van der Waals surface area contributed by atoms with Crippen LogP contribution in [0.15, 0.2) is 48.5 Å². The van der Waals surface area contributed by atoms with Gasteiger partial charge in [-0.1, -0.05) is 23.2 Å². The molecule has 2 aromatic carbocycles. The van der Waals surface area contributed by atoms with Gasteiger partial charge in [-0.25, -0.2) is 0 Å². The third-order valence-electron chi connectivity index (χ3n) is 2.42.